The van der Waals surface area contributed by atoms with Crippen LogP contribution < -0.4 is 4.72 Å². The second-order valence-corrected chi connectivity index (χ2v) is 14.2. The van der Waals surface area contributed by atoms with Gasteiger partial charge in [-0.1, -0.05) is 20.8 Å². The van der Waals surface area contributed by atoms with E-state index < -0.39 is 33.6 Å². The van der Waals surface area contributed by atoms with E-state index in [2.05, 4.69) is 25.5 Å². The van der Waals surface area contributed by atoms with Gasteiger partial charge in [-0.05, 0) is 104 Å². The van der Waals surface area contributed by atoms with E-state index in [0.717, 1.165) is 32.1 Å². The number of hydrogen-bond acceptors (Lipinski definition) is 4. The summed E-state index contributed by atoms with van der Waals surface area (Å²) in [7, 11) is -5.49. The predicted molar refractivity (Wildman–Crippen MR) is 125 cm³/mol. The zero-order valence-corrected chi connectivity index (χ0v) is 21.7. The molecule has 10 atom stereocenters. The van der Waals surface area contributed by atoms with Crippen molar-refractivity contribution in [1.29, 1.82) is 0 Å². The molecule has 4 fully saturated rings. The van der Waals surface area contributed by atoms with Crippen molar-refractivity contribution < 1.29 is 36.6 Å². The summed E-state index contributed by atoms with van der Waals surface area (Å²) in [5.74, 6) is -0.410. The van der Waals surface area contributed by atoms with Crippen LogP contribution in [0.15, 0.2) is 0 Å². The fourth-order valence-electron chi connectivity index (χ4n) is 9.16. The third-order valence-electron chi connectivity index (χ3n) is 10.9. The van der Waals surface area contributed by atoms with E-state index in [-0.39, 0.29) is 52.8 Å². The SMILES string of the molecule is C[C@H](CCC(=O)O)[C@H]1CCC2C3C(CC[C@@]21C)[C@@]1(C)CC[C@@H](O)CC1C[C@@H]3NS(=O)(=O)C(F)(F)F. The largest absolute Gasteiger partial charge is 0.511 e. The highest BCUT2D eigenvalue weighted by Gasteiger charge is 2.64. The number of rotatable bonds is 6. The molecule has 0 aromatic rings. The number of carbonyl (C=O) groups is 1. The minimum absolute atomic E-state index is 0.0236. The van der Waals surface area contributed by atoms with E-state index >= 15 is 0 Å². The minimum Gasteiger partial charge on any atom is -0.481 e. The number of aliphatic hydroxyl groups excluding tert-OH is 1. The number of nitrogens with one attached hydrogen (secondary N) is 1. The van der Waals surface area contributed by atoms with Crippen LogP contribution in [0.5, 0.6) is 0 Å². The van der Waals surface area contributed by atoms with Crippen molar-refractivity contribution in [1.82, 2.24) is 4.72 Å². The van der Waals surface area contributed by atoms with Gasteiger partial charge in [0.25, 0.3) is 0 Å². The minimum atomic E-state index is -5.49. The second kappa shape index (κ2) is 9.15. The van der Waals surface area contributed by atoms with Crippen molar-refractivity contribution in [3.8, 4) is 0 Å². The molecule has 4 saturated carbocycles. The fraction of sp³-hybridized carbons (Fsp3) is 0.960. The number of carboxylic acids is 1. The summed E-state index contributed by atoms with van der Waals surface area (Å²) in [4.78, 5) is 11.1. The Morgan fingerprint density at radius 3 is 2.31 bits per heavy atom. The van der Waals surface area contributed by atoms with E-state index in [4.69, 9.17) is 5.11 Å². The topological polar surface area (TPSA) is 104 Å². The summed E-state index contributed by atoms with van der Waals surface area (Å²) in [6, 6.07) is -0.812. The summed E-state index contributed by atoms with van der Waals surface area (Å²) in [5.41, 5.74) is -5.65. The van der Waals surface area contributed by atoms with Crippen LogP contribution in [0.3, 0.4) is 0 Å². The zero-order valence-electron chi connectivity index (χ0n) is 20.9. The lowest BCUT2D eigenvalue weighted by atomic mass is 9.43. The number of aliphatic hydroxyl groups is 1. The Hall–Kier alpha value is -0.870. The number of halogens is 3. The number of aliphatic carboxylic acids is 1. The lowest BCUT2D eigenvalue weighted by Crippen LogP contribution is -2.63. The van der Waals surface area contributed by atoms with Crippen molar-refractivity contribution in [2.24, 2.45) is 46.3 Å². The molecule has 0 aromatic heterocycles. The van der Waals surface area contributed by atoms with Crippen LogP contribution in [0, 0.1) is 46.3 Å². The van der Waals surface area contributed by atoms with Crippen LogP contribution in [0.25, 0.3) is 0 Å². The highest BCUT2D eigenvalue weighted by Crippen LogP contribution is 2.68. The van der Waals surface area contributed by atoms with Crippen LogP contribution in [0.2, 0.25) is 0 Å². The Bertz CT molecular complexity index is 927. The number of hydrogen-bond donors (Lipinski definition) is 3. The Kier molecular flexibility index (Phi) is 7.11. The van der Waals surface area contributed by atoms with Gasteiger partial charge >= 0.3 is 21.5 Å². The van der Waals surface area contributed by atoms with Crippen LogP contribution in [-0.2, 0) is 14.8 Å². The molecular formula is C25H40F3NO5S. The maximum Gasteiger partial charge on any atom is 0.511 e. The second-order valence-electron chi connectivity index (χ2n) is 12.5. The number of fused-ring (bicyclic) bond motifs is 5. The van der Waals surface area contributed by atoms with Gasteiger partial charge < -0.3 is 10.2 Å². The molecule has 3 N–H and O–H groups in total. The first-order valence-electron chi connectivity index (χ1n) is 13.1. The molecule has 0 bridgehead atoms. The van der Waals surface area contributed by atoms with E-state index in [9.17, 15) is 31.5 Å². The molecule has 0 amide bonds. The number of alkyl halides is 3. The van der Waals surface area contributed by atoms with Gasteiger partial charge in [-0.3, -0.25) is 4.79 Å². The standard InChI is InChI=1S/C25H40F3NO5S/c1-14(4-7-21(31)32)17-5-6-18-22-19(9-11-24(17,18)3)23(2)10-8-16(30)12-15(23)13-20(22)29-35(33,34)25(26,27)28/h14-20,22,29-30H,4-13H2,1-3H3,(H,31,32)/t14-,15?,16-,17-,18?,19?,20+,22?,23+,24-/m1/s1. The molecule has 6 nitrogen and oxygen atoms in total. The molecule has 0 radical (unpaired) electrons. The van der Waals surface area contributed by atoms with Gasteiger partial charge in [0, 0.05) is 12.5 Å². The predicted octanol–water partition coefficient (Wildman–Crippen LogP) is 4.92. The highest BCUT2D eigenvalue weighted by atomic mass is 32.2. The van der Waals surface area contributed by atoms with Gasteiger partial charge in [-0.2, -0.15) is 13.2 Å². The quantitative estimate of drug-likeness (QED) is 0.458. The van der Waals surface area contributed by atoms with Gasteiger partial charge in [0.1, 0.15) is 0 Å². The first kappa shape index (κ1) is 27.2. The number of sulfonamides is 1. The fourth-order valence-corrected chi connectivity index (χ4v) is 9.95. The van der Waals surface area contributed by atoms with Gasteiger partial charge in [-0.15, -0.1) is 0 Å². The Morgan fingerprint density at radius 2 is 1.69 bits per heavy atom. The lowest BCUT2D eigenvalue weighted by molar-refractivity contribution is -0.141. The molecule has 0 saturated heterocycles. The van der Waals surface area contributed by atoms with Crippen LogP contribution in [0.1, 0.15) is 85.0 Å². The van der Waals surface area contributed by atoms with Gasteiger partial charge in [0.2, 0.25) is 0 Å². The maximum absolute atomic E-state index is 13.4. The first-order valence-corrected chi connectivity index (χ1v) is 14.6. The smallest absolute Gasteiger partial charge is 0.481 e. The van der Waals surface area contributed by atoms with E-state index in [1.807, 2.05) is 0 Å². The first-order chi connectivity index (χ1) is 16.1. The van der Waals surface area contributed by atoms with Gasteiger partial charge in [-0.25, -0.2) is 13.1 Å². The van der Waals surface area contributed by atoms with Crippen LogP contribution in [0.4, 0.5) is 13.2 Å². The molecule has 4 rings (SSSR count). The lowest BCUT2D eigenvalue weighted by Gasteiger charge is -2.63. The molecule has 202 valence electrons. The van der Waals surface area contributed by atoms with Crippen molar-refractivity contribution in [3.63, 3.8) is 0 Å². The molecule has 0 heterocycles. The molecule has 4 unspecified atom stereocenters. The van der Waals surface area contributed by atoms with Gasteiger partial charge in [0.15, 0.2) is 0 Å². The molecule has 4 aliphatic carbocycles. The monoisotopic (exact) mass is 523 g/mol. The Morgan fingerprint density at radius 1 is 1.06 bits per heavy atom. The van der Waals surface area contributed by atoms with Crippen molar-refractivity contribution >= 4 is 16.0 Å². The van der Waals surface area contributed by atoms with Crippen LogP contribution >= 0.6 is 0 Å². The van der Waals surface area contributed by atoms with E-state index in [0.29, 0.717) is 25.7 Å². The molecule has 4 aliphatic rings. The maximum atomic E-state index is 13.4. The average Bonchev–Trinajstić information content (AvgIpc) is 3.09. The van der Waals surface area contributed by atoms with Gasteiger partial charge in [0.05, 0.1) is 6.10 Å². The van der Waals surface area contributed by atoms with E-state index in [1.54, 1.807) is 0 Å². The molecule has 0 aliphatic heterocycles. The summed E-state index contributed by atoms with van der Waals surface area (Å²) in [6.45, 7) is 6.50. The van der Waals surface area contributed by atoms with E-state index in [1.165, 1.54) is 0 Å². The highest BCUT2D eigenvalue weighted by molar-refractivity contribution is 7.90. The summed E-state index contributed by atoms with van der Waals surface area (Å²) < 4.78 is 66.8. The number of carboxylic acid groups (broad SMARTS) is 1. The summed E-state index contributed by atoms with van der Waals surface area (Å²) >= 11 is 0. The third-order valence-corrected chi connectivity index (χ3v) is 12.1. The van der Waals surface area contributed by atoms with Crippen LogP contribution in [-0.4, -0.2) is 42.3 Å². The molecule has 35 heavy (non-hydrogen) atoms. The molecule has 0 spiro atoms. The molecule has 0 aromatic carbocycles. The zero-order chi connectivity index (χ0) is 26.0. The van der Waals surface area contributed by atoms with Crippen molar-refractivity contribution in [2.45, 2.75) is 103 Å². The third kappa shape index (κ3) is 4.65. The normalized spacial score (nSPS) is 44.7. The summed E-state index contributed by atoms with van der Waals surface area (Å²) in [5, 5.41) is 19.5. The van der Waals surface area contributed by atoms with Crippen molar-refractivity contribution in [2.75, 3.05) is 0 Å². The Balaban J connectivity index is 1.68. The van der Waals surface area contributed by atoms with Crippen molar-refractivity contribution in [3.05, 3.63) is 0 Å². The molecule has 10 heteroatoms. The summed E-state index contributed by atoms with van der Waals surface area (Å²) in [6.07, 6.45) is 5.93. The Labute approximate surface area is 206 Å². The average molecular weight is 524 g/mol. The molecular weight excluding hydrogens is 483 g/mol.